The monoisotopic (exact) mass is 219 g/mol. The number of benzene rings is 1. The van der Waals surface area contributed by atoms with Crippen LogP contribution in [0.25, 0.3) is 0 Å². The third-order valence-electron chi connectivity index (χ3n) is 2.08. The smallest absolute Gasteiger partial charge is 0.305 e. The second-order valence-corrected chi connectivity index (χ2v) is 3.27. The molecule has 1 amide bonds. The summed E-state index contributed by atoms with van der Waals surface area (Å²) in [6.07, 6.45) is 0.974. The largest absolute Gasteiger partial charge is 0.481 e. The van der Waals surface area contributed by atoms with Crippen molar-refractivity contribution in [3.8, 4) is 0 Å². The molecule has 0 bridgehead atoms. The van der Waals surface area contributed by atoms with E-state index in [0.29, 0.717) is 0 Å². The number of aliphatic carboxylic acids is 1. The van der Waals surface area contributed by atoms with E-state index in [4.69, 9.17) is 5.11 Å². The second kappa shape index (κ2) is 5.70. The van der Waals surface area contributed by atoms with E-state index in [9.17, 15) is 9.59 Å². The first-order valence-electron chi connectivity index (χ1n) is 4.83. The van der Waals surface area contributed by atoms with E-state index in [-0.39, 0.29) is 12.3 Å². The highest BCUT2D eigenvalue weighted by molar-refractivity contribution is 5.87. The Morgan fingerprint density at radius 2 is 2.00 bits per heavy atom. The summed E-state index contributed by atoms with van der Waals surface area (Å²) in [5, 5.41) is 11.3. The highest BCUT2D eigenvalue weighted by atomic mass is 16.4. The SMILES string of the molecule is C=CC(=O)NC(CC(=O)O)c1ccccc1. The number of carboxylic acid groups (broad SMARTS) is 1. The third-order valence-corrected chi connectivity index (χ3v) is 2.08. The van der Waals surface area contributed by atoms with Crippen LogP contribution in [0.1, 0.15) is 18.0 Å². The minimum atomic E-state index is -0.960. The molecule has 0 spiro atoms. The number of rotatable bonds is 5. The fraction of sp³-hybridized carbons (Fsp3) is 0.167. The molecule has 84 valence electrons. The van der Waals surface area contributed by atoms with Crippen LogP contribution < -0.4 is 5.32 Å². The molecule has 0 aliphatic heterocycles. The first-order valence-corrected chi connectivity index (χ1v) is 4.83. The van der Waals surface area contributed by atoms with Crippen molar-refractivity contribution in [1.29, 1.82) is 0 Å². The van der Waals surface area contributed by atoms with Crippen LogP contribution in [0.5, 0.6) is 0 Å². The Kier molecular flexibility index (Phi) is 4.27. The molecule has 2 N–H and O–H groups in total. The van der Waals surface area contributed by atoms with Crippen LogP contribution in [-0.2, 0) is 9.59 Å². The molecule has 4 nitrogen and oxygen atoms in total. The molecule has 1 rings (SSSR count). The Morgan fingerprint density at radius 3 is 2.50 bits per heavy atom. The van der Waals surface area contributed by atoms with Crippen LogP contribution in [0.2, 0.25) is 0 Å². The zero-order chi connectivity index (χ0) is 12.0. The standard InChI is InChI=1S/C12H13NO3/c1-2-11(14)13-10(8-12(15)16)9-6-4-3-5-7-9/h2-7,10H,1,8H2,(H,13,14)(H,15,16). The van der Waals surface area contributed by atoms with Crippen molar-refractivity contribution < 1.29 is 14.7 Å². The van der Waals surface area contributed by atoms with Gasteiger partial charge in [-0.2, -0.15) is 0 Å². The van der Waals surface area contributed by atoms with Gasteiger partial charge in [0.15, 0.2) is 0 Å². The van der Waals surface area contributed by atoms with Gasteiger partial charge < -0.3 is 10.4 Å². The van der Waals surface area contributed by atoms with E-state index < -0.39 is 12.0 Å². The molecular formula is C12H13NO3. The number of carbonyl (C=O) groups excluding carboxylic acids is 1. The average Bonchev–Trinajstić information content (AvgIpc) is 2.28. The fourth-order valence-corrected chi connectivity index (χ4v) is 1.34. The van der Waals surface area contributed by atoms with Gasteiger partial charge in [0.2, 0.25) is 5.91 Å². The molecule has 0 radical (unpaired) electrons. The van der Waals surface area contributed by atoms with Crippen LogP contribution in [0.4, 0.5) is 0 Å². The molecule has 1 aromatic rings. The maximum absolute atomic E-state index is 11.2. The molecule has 0 heterocycles. The van der Waals surface area contributed by atoms with Crippen molar-refractivity contribution in [2.24, 2.45) is 0 Å². The first-order chi connectivity index (χ1) is 7.63. The Labute approximate surface area is 93.6 Å². The Hall–Kier alpha value is -2.10. The molecule has 0 aromatic heterocycles. The van der Waals surface area contributed by atoms with Gasteiger partial charge in [0.1, 0.15) is 0 Å². The maximum Gasteiger partial charge on any atom is 0.305 e. The maximum atomic E-state index is 11.2. The lowest BCUT2D eigenvalue weighted by atomic mass is 10.0. The van der Waals surface area contributed by atoms with Crippen LogP contribution in [-0.4, -0.2) is 17.0 Å². The Morgan fingerprint density at radius 1 is 1.38 bits per heavy atom. The predicted octanol–water partition coefficient (Wildman–Crippen LogP) is 1.50. The average molecular weight is 219 g/mol. The molecule has 1 atom stereocenters. The predicted molar refractivity (Wildman–Crippen MR) is 59.8 cm³/mol. The zero-order valence-corrected chi connectivity index (χ0v) is 8.72. The van der Waals surface area contributed by atoms with Gasteiger partial charge in [0.25, 0.3) is 0 Å². The lowest BCUT2D eigenvalue weighted by Crippen LogP contribution is -2.28. The van der Waals surface area contributed by atoms with Gasteiger partial charge in [0, 0.05) is 0 Å². The minimum Gasteiger partial charge on any atom is -0.481 e. The highest BCUT2D eigenvalue weighted by Crippen LogP contribution is 2.16. The van der Waals surface area contributed by atoms with E-state index in [1.807, 2.05) is 6.07 Å². The van der Waals surface area contributed by atoms with Gasteiger partial charge in [-0.1, -0.05) is 36.9 Å². The number of carboxylic acids is 1. The summed E-state index contributed by atoms with van der Waals surface area (Å²) < 4.78 is 0. The lowest BCUT2D eigenvalue weighted by Gasteiger charge is -2.16. The molecule has 0 aliphatic carbocycles. The van der Waals surface area contributed by atoms with Crippen molar-refractivity contribution in [2.45, 2.75) is 12.5 Å². The summed E-state index contributed by atoms with van der Waals surface area (Å²) in [5.41, 5.74) is 0.764. The quantitative estimate of drug-likeness (QED) is 0.737. The van der Waals surface area contributed by atoms with Crippen molar-refractivity contribution in [1.82, 2.24) is 5.32 Å². The molecule has 0 saturated heterocycles. The Bertz CT molecular complexity index is 387. The first kappa shape index (κ1) is 12.0. The summed E-state index contributed by atoms with van der Waals surface area (Å²) in [4.78, 5) is 21.8. The summed E-state index contributed by atoms with van der Waals surface area (Å²) in [7, 11) is 0. The number of hydrogen-bond donors (Lipinski definition) is 2. The number of carbonyl (C=O) groups is 2. The zero-order valence-electron chi connectivity index (χ0n) is 8.72. The van der Waals surface area contributed by atoms with Crippen LogP contribution in [0.3, 0.4) is 0 Å². The van der Waals surface area contributed by atoms with Gasteiger partial charge in [-0.25, -0.2) is 0 Å². The van der Waals surface area contributed by atoms with Crippen LogP contribution >= 0.6 is 0 Å². The fourth-order valence-electron chi connectivity index (χ4n) is 1.34. The van der Waals surface area contributed by atoms with Gasteiger partial charge in [-0.05, 0) is 11.6 Å². The van der Waals surface area contributed by atoms with Crippen molar-refractivity contribution in [2.75, 3.05) is 0 Å². The topological polar surface area (TPSA) is 66.4 Å². The molecule has 1 unspecified atom stereocenters. The second-order valence-electron chi connectivity index (χ2n) is 3.27. The summed E-state index contributed by atoms with van der Waals surface area (Å²) in [5.74, 6) is -1.34. The van der Waals surface area contributed by atoms with E-state index in [1.165, 1.54) is 0 Å². The van der Waals surface area contributed by atoms with Gasteiger partial charge in [0.05, 0.1) is 12.5 Å². The van der Waals surface area contributed by atoms with Crippen molar-refractivity contribution in [3.63, 3.8) is 0 Å². The molecular weight excluding hydrogens is 206 g/mol. The molecule has 4 heteroatoms. The van der Waals surface area contributed by atoms with E-state index >= 15 is 0 Å². The highest BCUT2D eigenvalue weighted by Gasteiger charge is 2.16. The lowest BCUT2D eigenvalue weighted by molar-refractivity contribution is -0.137. The van der Waals surface area contributed by atoms with Crippen LogP contribution in [0, 0.1) is 0 Å². The molecule has 16 heavy (non-hydrogen) atoms. The molecule has 0 fully saturated rings. The Balaban J connectivity index is 2.83. The van der Waals surface area contributed by atoms with E-state index in [2.05, 4.69) is 11.9 Å². The summed E-state index contributed by atoms with van der Waals surface area (Å²) in [6.45, 7) is 3.33. The number of nitrogens with one attached hydrogen (secondary N) is 1. The van der Waals surface area contributed by atoms with E-state index in [1.54, 1.807) is 24.3 Å². The summed E-state index contributed by atoms with van der Waals surface area (Å²) in [6, 6.07) is 8.45. The van der Waals surface area contributed by atoms with Gasteiger partial charge >= 0.3 is 5.97 Å². The third kappa shape index (κ3) is 3.57. The summed E-state index contributed by atoms with van der Waals surface area (Å²) >= 11 is 0. The van der Waals surface area contributed by atoms with Gasteiger partial charge in [-0.3, -0.25) is 9.59 Å². The van der Waals surface area contributed by atoms with Crippen molar-refractivity contribution in [3.05, 3.63) is 48.6 Å². The molecule has 0 saturated carbocycles. The minimum absolute atomic E-state index is 0.149. The molecule has 0 aliphatic rings. The van der Waals surface area contributed by atoms with Gasteiger partial charge in [-0.15, -0.1) is 0 Å². The molecule has 1 aromatic carbocycles. The number of hydrogen-bond acceptors (Lipinski definition) is 2. The van der Waals surface area contributed by atoms with Crippen LogP contribution in [0.15, 0.2) is 43.0 Å². The number of amides is 1. The van der Waals surface area contributed by atoms with E-state index in [0.717, 1.165) is 11.6 Å². The normalized spacial score (nSPS) is 11.5. The van der Waals surface area contributed by atoms with Crippen molar-refractivity contribution >= 4 is 11.9 Å².